The Bertz CT molecular complexity index is 819. The number of nitriles is 1. The molecule has 2 fully saturated rings. The van der Waals surface area contributed by atoms with Gasteiger partial charge in [-0.1, -0.05) is 32.1 Å². The van der Waals surface area contributed by atoms with Gasteiger partial charge in [-0.15, -0.1) is 0 Å². The van der Waals surface area contributed by atoms with Crippen molar-refractivity contribution in [1.29, 1.82) is 5.26 Å². The SMILES string of the molecule is N#CNC(=NCCCCCCC(=O)N(CCN1CCOCC1)OC1CCCCC1)Nc1ccncc1. The van der Waals surface area contributed by atoms with E-state index >= 15 is 0 Å². The molecule has 0 spiro atoms. The van der Waals surface area contributed by atoms with Gasteiger partial charge in [-0.3, -0.25) is 29.8 Å². The van der Waals surface area contributed by atoms with E-state index in [0.29, 0.717) is 25.5 Å². The molecule has 198 valence electrons. The number of pyridine rings is 1. The fourth-order valence-corrected chi connectivity index (χ4v) is 4.44. The minimum atomic E-state index is 0.0916. The van der Waals surface area contributed by atoms with Crippen molar-refractivity contribution in [3.8, 4) is 6.19 Å². The summed E-state index contributed by atoms with van der Waals surface area (Å²) < 4.78 is 5.44. The van der Waals surface area contributed by atoms with E-state index in [1.165, 1.54) is 19.3 Å². The molecule has 0 atom stereocenters. The summed E-state index contributed by atoms with van der Waals surface area (Å²) in [6.07, 6.45) is 15.3. The zero-order valence-electron chi connectivity index (χ0n) is 21.4. The molecule has 0 bridgehead atoms. The van der Waals surface area contributed by atoms with Gasteiger partial charge < -0.3 is 10.1 Å². The van der Waals surface area contributed by atoms with Gasteiger partial charge in [-0.05, 0) is 37.8 Å². The Labute approximate surface area is 215 Å². The van der Waals surface area contributed by atoms with Crippen LogP contribution in [-0.4, -0.2) is 78.9 Å². The number of amides is 1. The number of morpholine rings is 1. The quantitative estimate of drug-likeness (QED) is 0.106. The van der Waals surface area contributed by atoms with Gasteiger partial charge in [-0.25, -0.2) is 5.06 Å². The molecule has 36 heavy (non-hydrogen) atoms. The van der Waals surface area contributed by atoms with Gasteiger partial charge in [0.2, 0.25) is 11.9 Å². The van der Waals surface area contributed by atoms with Crippen molar-refractivity contribution in [2.45, 2.75) is 70.3 Å². The van der Waals surface area contributed by atoms with E-state index in [2.05, 4.69) is 25.5 Å². The van der Waals surface area contributed by atoms with Crippen molar-refractivity contribution in [3.05, 3.63) is 24.5 Å². The minimum absolute atomic E-state index is 0.0916. The molecule has 1 aliphatic heterocycles. The van der Waals surface area contributed by atoms with E-state index in [0.717, 1.165) is 77.1 Å². The van der Waals surface area contributed by atoms with E-state index in [4.69, 9.17) is 14.8 Å². The van der Waals surface area contributed by atoms with Crippen LogP contribution in [0.1, 0.15) is 64.2 Å². The van der Waals surface area contributed by atoms with Crippen LogP contribution in [0.2, 0.25) is 0 Å². The molecule has 2 N–H and O–H groups in total. The maximum Gasteiger partial charge on any atom is 0.246 e. The average molecular weight is 500 g/mol. The highest BCUT2D eigenvalue weighted by atomic mass is 16.7. The number of hydrogen-bond acceptors (Lipinski definition) is 7. The predicted molar refractivity (Wildman–Crippen MR) is 139 cm³/mol. The molecular weight excluding hydrogens is 458 g/mol. The number of rotatable bonds is 13. The Morgan fingerprint density at radius 1 is 1.17 bits per heavy atom. The van der Waals surface area contributed by atoms with Crippen LogP contribution >= 0.6 is 0 Å². The van der Waals surface area contributed by atoms with Crippen molar-refractivity contribution in [2.24, 2.45) is 4.99 Å². The Kier molecular flexibility index (Phi) is 13.0. The summed E-state index contributed by atoms with van der Waals surface area (Å²) >= 11 is 0. The van der Waals surface area contributed by atoms with Crippen LogP contribution in [0.4, 0.5) is 5.69 Å². The number of unbranched alkanes of at least 4 members (excludes halogenated alkanes) is 3. The van der Waals surface area contributed by atoms with Gasteiger partial charge in [0.25, 0.3) is 0 Å². The molecular formula is C26H41N7O3. The Balaban J connectivity index is 1.35. The summed E-state index contributed by atoms with van der Waals surface area (Å²) in [6, 6.07) is 3.63. The van der Waals surface area contributed by atoms with Crippen molar-refractivity contribution < 1.29 is 14.4 Å². The standard InChI is InChI=1S/C26H41N7O3/c27-22-30-26(31-23-11-14-28-15-12-23)29-13-7-2-1-6-10-25(34)33(36-24-8-4-3-5-9-24)17-16-32-18-20-35-21-19-32/h11-12,14-15,24H,1-10,13,16-21H2,(H2,28,29,30,31). The second kappa shape index (κ2) is 16.8. The van der Waals surface area contributed by atoms with Crippen molar-refractivity contribution in [1.82, 2.24) is 20.3 Å². The number of hydroxylamine groups is 2. The van der Waals surface area contributed by atoms with Gasteiger partial charge in [0, 0.05) is 50.7 Å². The summed E-state index contributed by atoms with van der Waals surface area (Å²) in [5, 5.41) is 16.3. The molecule has 10 nitrogen and oxygen atoms in total. The van der Waals surface area contributed by atoms with Crippen molar-refractivity contribution in [2.75, 3.05) is 51.3 Å². The second-order valence-electron chi connectivity index (χ2n) is 9.31. The third-order valence-corrected chi connectivity index (χ3v) is 6.52. The first-order valence-corrected chi connectivity index (χ1v) is 13.4. The Morgan fingerprint density at radius 3 is 2.67 bits per heavy atom. The monoisotopic (exact) mass is 499 g/mol. The first kappa shape index (κ1) is 27.8. The Morgan fingerprint density at radius 2 is 1.92 bits per heavy atom. The first-order chi connectivity index (χ1) is 17.7. The zero-order chi connectivity index (χ0) is 25.3. The molecule has 1 aromatic heterocycles. The molecule has 1 saturated heterocycles. The third-order valence-electron chi connectivity index (χ3n) is 6.52. The normalized spacial score (nSPS) is 17.4. The zero-order valence-corrected chi connectivity index (χ0v) is 21.4. The summed E-state index contributed by atoms with van der Waals surface area (Å²) in [4.78, 5) is 30.0. The van der Waals surface area contributed by atoms with Crippen LogP contribution < -0.4 is 10.6 Å². The molecule has 2 heterocycles. The topological polar surface area (TPSA) is 115 Å². The number of carbonyl (C=O) groups excluding carboxylic acids is 1. The molecule has 1 amide bonds. The minimum Gasteiger partial charge on any atom is -0.379 e. The number of hydrogen-bond donors (Lipinski definition) is 2. The molecule has 2 aliphatic rings. The van der Waals surface area contributed by atoms with E-state index in [9.17, 15) is 4.79 Å². The van der Waals surface area contributed by atoms with Gasteiger partial charge in [0.15, 0.2) is 6.19 Å². The summed E-state index contributed by atoms with van der Waals surface area (Å²) in [7, 11) is 0. The molecule has 0 radical (unpaired) electrons. The lowest BCUT2D eigenvalue weighted by molar-refractivity contribution is -0.212. The molecule has 1 saturated carbocycles. The number of anilines is 1. The van der Waals surface area contributed by atoms with Crippen LogP contribution in [0.25, 0.3) is 0 Å². The third kappa shape index (κ3) is 10.9. The summed E-state index contributed by atoms with van der Waals surface area (Å²) in [6.45, 7) is 5.39. The number of nitrogens with one attached hydrogen (secondary N) is 2. The van der Waals surface area contributed by atoms with E-state index in [1.54, 1.807) is 17.5 Å². The number of carbonyl (C=O) groups is 1. The molecule has 0 aromatic carbocycles. The van der Waals surface area contributed by atoms with E-state index in [1.807, 2.05) is 18.3 Å². The average Bonchev–Trinajstić information content (AvgIpc) is 2.92. The van der Waals surface area contributed by atoms with E-state index < -0.39 is 0 Å². The molecule has 0 unspecified atom stereocenters. The van der Waals surface area contributed by atoms with Crippen LogP contribution in [0.5, 0.6) is 0 Å². The van der Waals surface area contributed by atoms with Crippen molar-refractivity contribution >= 4 is 17.6 Å². The number of ether oxygens (including phenoxy) is 1. The first-order valence-electron chi connectivity index (χ1n) is 13.4. The highest BCUT2D eigenvalue weighted by Gasteiger charge is 2.22. The fourth-order valence-electron chi connectivity index (χ4n) is 4.44. The lowest BCUT2D eigenvalue weighted by Crippen LogP contribution is -2.44. The van der Waals surface area contributed by atoms with Gasteiger partial charge >= 0.3 is 0 Å². The highest BCUT2D eigenvalue weighted by molar-refractivity contribution is 5.94. The maximum absolute atomic E-state index is 13.0. The Hall–Kier alpha value is -2.74. The maximum atomic E-state index is 13.0. The molecule has 10 heteroatoms. The number of aliphatic imine (C=N–C) groups is 1. The van der Waals surface area contributed by atoms with Gasteiger partial charge in [0.1, 0.15) is 0 Å². The molecule has 1 aromatic rings. The lowest BCUT2D eigenvalue weighted by Gasteiger charge is -2.32. The van der Waals surface area contributed by atoms with Crippen LogP contribution in [0.3, 0.4) is 0 Å². The van der Waals surface area contributed by atoms with Gasteiger partial charge in [0.05, 0.1) is 25.9 Å². The highest BCUT2D eigenvalue weighted by Crippen LogP contribution is 2.22. The largest absolute Gasteiger partial charge is 0.379 e. The number of nitrogens with zero attached hydrogens (tertiary/aromatic N) is 5. The predicted octanol–water partition coefficient (Wildman–Crippen LogP) is 3.30. The molecule has 3 rings (SSSR count). The smallest absolute Gasteiger partial charge is 0.246 e. The van der Waals surface area contributed by atoms with Crippen molar-refractivity contribution in [3.63, 3.8) is 0 Å². The number of aromatic nitrogens is 1. The summed E-state index contributed by atoms with van der Waals surface area (Å²) in [5.74, 6) is 0.517. The van der Waals surface area contributed by atoms with E-state index in [-0.39, 0.29) is 12.0 Å². The van der Waals surface area contributed by atoms with Crippen LogP contribution in [0.15, 0.2) is 29.5 Å². The number of guanidine groups is 1. The second-order valence-corrected chi connectivity index (χ2v) is 9.31. The molecule has 1 aliphatic carbocycles. The van der Waals surface area contributed by atoms with Gasteiger partial charge in [-0.2, -0.15) is 5.26 Å². The lowest BCUT2D eigenvalue weighted by atomic mass is 9.98. The summed E-state index contributed by atoms with van der Waals surface area (Å²) in [5.41, 5.74) is 0.818. The van der Waals surface area contributed by atoms with Crippen LogP contribution in [-0.2, 0) is 14.4 Å². The fraction of sp³-hybridized carbons (Fsp3) is 0.692. The van der Waals surface area contributed by atoms with Crippen LogP contribution in [0, 0.1) is 11.5 Å².